The second-order valence-electron chi connectivity index (χ2n) is 8.54. The number of morpholine rings is 1. The average molecular weight is 564 g/mol. The van der Waals surface area contributed by atoms with Crippen LogP contribution < -0.4 is 5.32 Å². The Morgan fingerprint density at radius 1 is 1.19 bits per heavy atom. The highest BCUT2D eigenvalue weighted by Gasteiger charge is 2.41. The number of halogens is 1. The summed E-state index contributed by atoms with van der Waals surface area (Å²) in [6.45, 7) is 6.29. The number of nitrogens with one attached hydrogen (secondary N) is 1. The van der Waals surface area contributed by atoms with Crippen LogP contribution in [0, 0.1) is 5.92 Å². The Labute approximate surface area is 203 Å². The van der Waals surface area contributed by atoms with Gasteiger partial charge in [-0.25, -0.2) is 12.7 Å². The molecule has 0 spiro atoms. The number of ether oxygens (including phenoxy) is 1. The zero-order valence-electron chi connectivity index (χ0n) is 18.3. The summed E-state index contributed by atoms with van der Waals surface area (Å²) in [5.74, 6) is 1.19. The lowest BCUT2D eigenvalue weighted by Gasteiger charge is -2.36. The third kappa shape index (κ3) is 6.10. The third-order valence-corrected chi connectivity index (χ3v) is 7.69. The predicted molar refractivity (Wildman–Crippen MR) is 133 cm³/mol. The van der Waals surface area contributed by atoms with E-state index in [9.17, 15) is 8.42 Å². The van der Waals surface area contributed by atoms with Crippen LogP contribution in [0.1, 0.15) is 12.0 Å². The number of hydrogen-bond acceptors (Lipinski definition) is 5. The highest BCUT2D eigenvalue weighted by molar-refractivity contribution is 14.0. The molecular formula is C21H34IN5O3S. The van der Waals surface area contributed by atoms with Gasteiger partial charge in [-0.15, -0.1) is 24.0 Å². The van der Waals surface area contributed by atoms with Crippen LogP contribution in [-0.4, -0.2) is 99.8 Å². The number of guanidine groups is 1. The van der Waals surface area contributed by atoms with E-state index in [1.54, 1.807) is 4.31 Å². The van der Waals surface area contributed by atoms with Gasteiger partial charge in [-0.2, -0.15) is 0 Å². The smallest absolute Gasteiger partial charge is 0.211 e. The lowest BCUT2D eigenvalue weighted by molar-refractivity contribution is -0.0502. The van der Waals surface area contributed by atoms with Crippen molar-refractivity contribution in [2.24, 2.45) is 10.9 Å². The van der Waals surface area contributed by atoms with Crippen LogP contribution in [-0.2, 0) is 21.3 Å². The average Bonchev–Trinajstić information content (AvgIpc) is 3.37. The summed E-state index contributed by atoms with van der Waals surface area (Å²) in [5.41, 5.74) is 1.33. The number of benzene rings is 1. The summed E-state index contributed by atoms with van der Waals surface area (Å²) in [5, 5.41) is 3.48. The molecule has 0 aromatic heterocycles. The van der Waals surface area contributed by atoms with Crippen LogP contribution in [0.4, 0.5) is 0 Å². The van der Waals surface area contributed by atoms with Crippen LogP contribution in [0.25, 0.3) is 0 Å². The Kier molecular flexibility index (Phi) is 8.58. The SMILES string of the molecule is CN=C(NCC1CCN(S(C)(=O)=O)C1)N1CC2OCCN(Cc3ccccc3)C2C1.I. The zero-order valence-corrected chi connectivity index (χ0v) is 21.5. The zero-order chi connectivity index (χ0) is 21.1. The van der Waals surface area contributed by atoms with Gasteiger partial charge in [0.1, 0.15) is 0 Å². The van der Waals surface area contributed by atoms with E-state index in [4.69, 9.17) is 4.74 Å². The van der Waals surface area contributed by atoms with Gasteiger partial charge < -0.3 is 15.0 Å². The number of rotatable bonds is 5. The Morgan fingerprint density at radius 2 is 1.97 bits per heavy atom. The molecule has 0 amide bonds. The first kappa shape index (κ1) is 24.7. The van der Waals surface area contributed by atoms with E-state index in [1.807, 2.05) is 7.05 Å². The largest absolute Gasteiger partial charge is 0.373 e. The van der Waals surface area contributed by atoms with E-state index in [1.165, 1.54) is 11.8 Å². The van der Waals surface area contributed by atoms with Crippen LogP contribution in [0.15, 0.2) is 35.3 Å². The molecule has 3 atom stereocenters. The van der Waals surface area contributed by atoms with Gasteiger partial charge in [0.05, 0.1) is 25.0 Å². The number of hydrogen-bond donors (Lipinski definition) is 1. The van der Waals surface area contributed by atoms with Gasteiger partial charge in [-0.05, 0) is 17.9 Å². The number of likely N-dealkylation sites (tertiary alicyclic amines) is 1. The summed E-state index contributed by atoms with van der Waals surface area (Å²) in [4.78, 5) is 9.30. The summed E-state index contributed by atoms with van der Waals surface area (Å²) < 4.78 is 31.1. The molecule has 31 heavy (non-hydrogen) atoms. The van der Waals surface area contributed by atoms with Crippen LogP contribution >= 0.6 is 24.0 Å². The normalized spacial score (nSPS) is 27.7. The van der Waals surface area contributed by atoms with Crippen molar-refractivity contribution < 1.29 is 13.2 Å². The maximum Gasteiger partial charge on any atom is 0.211 e. The molecule has 0 saturated carbocycles. The molecule has 174 valence electrons. The molecule has 3 heterocycles. The molecule has 4 rings (SSSR count). The molecular weight excluding hydrogens is 529 g/mol. The molecule has 3 aliphatic rings. The predicted octanol–water partition coefficient (Wildman–Crippen LogP) is 1.05. The van der Waals surface area contributed by atoms with E-state index in [0.29, 0.717) is 25.0 Å². The molecule has 1 aromatic rings. The van der Waals surface area contributed by atoms with E-state index in [0.717, 1.165) is 51.7 Å². The molecule has 3 unspecified atom stereocenters. The molecule has 3 fully saturated rings. The Balaban J connectivity index is 0.00000272. The molecule has 0 aliphatic carbocycles. The lowest BCUT2D eigenvalue weighted by atomic mass is 10.1. The first-order valence-corrected chi connectivity index (χ1v) is 12.6. The van der Waals surface area contributed by atoms with Crippen LogP contribution in [0.3, 0.4) is 0 Å². The van der Waals surface area contributed by atoms with E-state index in [2.05, 4.69) is 50.4 Å². The molecule has 8 nitrogen and oxygen atoms in total. The van der Waals surface area contributed by atoms with E-state index < -0.39 is 10.0 Å². The molecule has 3 aliphatic heterocycles. The van der Waals surface area contributed by atoms with Crippen molar-refractivity contribution in [3.8, 4) is 0 Å². The molecule has 0 bridgehead atoms. The summed E-state index contributed by atoms with van der Waals surface area (Å²) >= 11 is 0. The van der Waals surface area contributed by atoms with Crippen molar-refractivity contribution >= 4 is 40.0 Å². The van der Waals surface area contributed by atoms with Gasteiger partial charge in [-0.3, -0.25) is 9.89 Å². The minimum atomic E-state index is -3.10. The molecule has 10 heteroatoms. The molecule has 3 saturated heterocycles. The second-order valence-corrected chi connectivity index (χ2v) is 10.5. The third-order valence-electron chi connectivity index (χ3n) is 6.42. The van der Waals surface area contributed by atoms with Crippen molar-refractivity contribution in [1.82, 2.24) is 19.4 Å². The molecule has 0 radical (unpaired) electrons. The Morgan fingerprint density at radius 3 is 2.65 bits per heavy atom. The number of aliphatic imine (C=N–C) groups is 1. The second kappa shape index (κ2) is 10.8. The van der Waals surface area contributed by atoms with Gasteiger partial charge in [0.25, 0.3) is 0 Å². The van der Waals surface area contributed by atoms with Crippen LogP contribution in [0.2, 0.25) is 0 Å². The van der Waals surface area contributed by atoms with Gasteiger partial charge in [-0.1, -0.05) is 30.3 Å². The molecule has 1 N–H and O–H groups in total. The summed E-state index contributed by atoms with van der Waals surface area (Å²) in [6.07, 6.45) is 2.36. The number of sulfonamides is 1. The van der Waals surface area contributed by atoms with Gasteiger partial charge in [0.15, 0.2) is 5.96 Å². The maximum atomic E-state index is 11.7. The van der Waals surface area contributed by atoms with Gasteiger partial charge >= 0.3 is 0 Å². The first-order chi connectivity index (χ1) is 14.4. The standard InChI is InChI=1S/C21H33N5O3S.HI/c1-22-21(23-12-18-8-9-26(14-18)30(2,27)28)25-15-19-20(16-25)29-11-10-24(19)13-17-6-4-3-5-7-17;/h3-7,18-20H,8-16H2,1-2H3,(H,22,23);1H. The number of fused-ring (bicyclic) bond motifs is 1. The highest BCUT2D eigenvalue weighted by Crippen LogP contribution is 2.25. The lowest BCUT2D eigenvalue weighted by Crippen LogP contribution is -2.50. The minimum absolute atomic E-state index is 0. The Bertz CT molecular complexity index is 854. The fourth-order valence-electron chi connectivity index (χ4n) is 4.78. The van der Waals surface area contributed by atoms with Crippen molar-refractivity contribution in [3.63, 3.8) is 0 Å². The quantitative estimate of drug-likeness (QED) is 0.328. The first-order valence-electron chi connectivity index (χ1n) is 10.7. The maximum absolute atomic E-state index is 11.7. The fourth-order valence-corrected chi connectivity index (χ4v) is 5.70. The van der Waals surface area contributed by atoms with Gasteiger partial charge in [0.2, 0.25) is 10.0 Å². The van der Waals surface area contributed by atoms with Crippen molar-refractivity contribution in [2.75, 3.05) is 59.2 Å². The van der Waals surface area contributed by atoms with E-state index in [-0.39, 0.29) is 30.1 Å². The Hall–Kier alpha value is -0.950. The summed E-state index contributed by atoms with van der Waals surface area (Å²) in [7, 11) is -1.29. The van der Waals surface area contributed by atoms with Crippen LogP contribution in [0.5, 0.6) is 0 Å². The fraction of sp³-hybridized carbons (Fsp3) is 0.667. The summed E-state index contributed by atoms with van der Waals surface area (Å²) in [6, 6.07) is 10.9. The highest BCUT2D eigenvalue weighted by atomic mass is 127. The minimum Gasteiger partial charge on any atom is -0.373 e. The number of nitrogens with zero attached hydrogens (tertiary/aromatic N) is 4. The van der Waals surface area contributed by atoms with E-state index >= 15 is 0 Å². The molecule has 1 aromatic carbocycles. The van der Waals surface area contributed by atoms with Gasteiger partial charge in [0, 0.05) is 52.9 Å². The van der Waals surface area contributed by atoms with Crippen molar-refractivity contribution in [3.05, 3.63) is 35.9 Å². The topological polar surface area (TPSA) is 77.5 Å². The van der Waals surface area contributed by atoms with Crippen molar-refractivity contribution in [1.29, 1.82) is 0 Å². The monoisotopic (exact) mass is 563 g/mol. The van der Waals surface area contributed by atoms with Crippen molar-refractivity contribution in [2.45, 2.75) is 25.1 Å².